The zero-order chi connectivity index (χ0) is 13.5. The average Bonchev–Trinajstić information content (AvgIpc) is 2.78. The van der Waals surface area contributed by atoms with Crippen molar-refractivity contribution in [3.8, 4) is 0 Å². The van der Waals surface area contributed by atoms with Crippen molar-refractivity contribution in [2.24, 2.45) is 0 Å². The fourth-order valence-electron chi connectivity index (χ4n) is 1.42. The Morgan fingerprint density at radius 2 is 2.22 bits per heavy atom. The van der Waals surface area contributed by atoms with Gasteiger partial charge in [0.25, 0.3) is 0 Å². The average molecular weight is 287 g/mol. The molecule has 1 heterocycles. The Morgan fingerprint density at radius 1 is 1.50 bits per heavy atom. The molecule has 0 saturated heterocycles. The van der Waals surface area contributed by atoms with Gasteiger partial charge in [0, 0.05) is 16.7 Å². The van der Waals surface area contributed by atoms with E-state index in [2.05, 4.69) is 0 Å². The first kappa shape index (κ1) is 15.0. The van der Waals surface area contributed by atoms with Crippen LogP contribution in [0.15, 0.2) is 17.5 Å². The van der Waals surface area contributed by atoms with Gasteiger partial charge >= 0.3 is 5.97 Å². The molecule has 1 N–H and O–H groups in total. The molecule has 0 fully saturated rings. The number of carbonyl (C=O) groups excluding carboxylic acids is 1. The fraction of sp³-hybridized carbons (Fsp3) is 0.500. The molecule has 18 heavy (non-hydrogen) atoms. The standard InChI is InChI=1S/C12H17NO3S2/c1-9(2)13(6-12(15)16)11(14)8-17-7-10-4-3-5-18-10/h3-5,9H,6-8H2,1-2H3,(H,15,16). The van der Waals surface area contributed by atoms with Gasteiger partial charge in [0.05, 0.1) is 5.75 Å². The summed E-state index contributed by atoms with van der Waals surface area (Å²) in [7, 11) is 0. The van der Waals surface area contributed by atoms with Crippen LogP contribution in [0.3, 0.4) is 0 Å². The number of rotatable bonds is 7. The van der Waals surface area contributed by atoms with E-state index >= 15 is 0 Å². The first-order valence-corrected chi connectivity index (χ1v) is 7.65. The van der Waals surface area contributed by atoms with E-state index in [9.17, 15) is 9.59 Å². The maximum absolute atomic E-state index is 11.9. The van der Waals surface area contributed by atoms with E-state index in [0.717, 1.165) is 5.75 Å². The van der Waals surface area contributed by atoms with Crippen molar-refractivity contribution in [3.63, 3.8) is 0 Å². The highest BCUT2D eigenvalue weighted by atomic mass is 32.2. The topological polar surface area (TPSA) is 57.6 Å². The van der Waals surface area contributed by atoms with Crippen LogP contribution < -0.4 is 0 Å². The van der Waals surface area contributed by atoms with Gasteiger partial charge in [0.2, 0.25) is 5.91 Å². The van der Waals surface area contributed by atoms with Gasteiger partial charge in [-0.3, -0.25) is 9.59 Å². The minimum Gasteiger partial charge on any atom is -0.480 e. The van der Waals surface area contributed by atoms with Gasteiger partial charge in [-0.2, -0.15) is 0 Å². The number of thiophene rings is 1. The number of thioether (sulfide) groups is 1. The summed E-state index contributed by atoms with van der Waals surface area (Å²) in [5.41, 5.74) is 0. The number of nitrogens with zero attached hydrogens (tertiary/aromatic N) is 1. The van der Waals surface area contributed by atoms with Crippen LogP contribution in [-0.4, -0.2) is 40.2 Å². The first-order valence-electron chi connectivity index (χ1n) is 5.62. The second-order valence-electron chi connectivity index (χ2n) is 4.08. The first-order chi connectivity index (χ1) is 8.50. The van der Waals surface area contributed by atoms with Crippen LogP contribution in [0, 0.1) is 0 Å². The molecule has 1 aromatic rings. The molecule has 0 aliphatic rings. The molecule has 0 saturated carbocycles. The Labute approximate surface area is 115 Å². The molecule has 0 unspecified atom stereocenters. The van der Waals surface area contributed by atoms with Crippen molar-refractivity contribution in [3.05, 3.63) is 22.4 Å². The maximum atomic E-state index is 11.9. The molecule has 1 rings (SSSR count). The lowest BCUT2D eigenvalue weighted by Crippen LogP contribution is -2.41. The third-order valence-electron chi connectivity index (χ3n) is 2.30. The van der Waals surface area contributed by atoms with Gasteiger partial charge in [-0.25, -0.2) is 0 Å². The molecule has 6 heteroatoms. The van der Waals surface area contributed by atoms with Crippen LogP contribution in [0.5, 0.6) is 0 Å². The number of hydrogen-bond donors (Lipinski definition) is 1. The zero-order valence-corrected chi connectivity index (χ0v) is 12.1. The van der Waals surface area contributed by atoms with E-state index in [1.54, 1.807) is 11.3 Å². The lowest BCUT2D eigenvalue weighted by Gasteiger charge is -2.24. The largest absolute Gasteiger partial charge is 0.480 e. The number of carbonyl (C=O) groups is 2. The van der Waals surface area contributed by atoms with E-state index in [0.29, 0.717) is 5.75 Å². The summed E-state index contributed by atoms with van der Waals surface area (Å²) >= 11 is 3.18. The van der Waals surface area contributed by atoms with Gasteiger partial charge < -0.3 is 10.0 Å². The minimum atomic E-state index is -0.972. The summed E-state index contributed by atoms with van der Waals surface area (Å²) in [6.45, 7) is 3.42. The molecule has 0 aliphatic heterocycles. The van der Waals surface area contributed by atoms with E-state index in [4.69, 9.17) is 5.11 Å². The van der Waals surface area contributed by atoms with Crippen molar-refractivity contribution >= 4 is 35.0 Å². The number of carboxylic acid groups (broad SMARTS) is 1. The fourth-order valence-corrected chi connectivity index (χ4v) is 3.17. The Morgan fingerprint density at radius 3 is 2.72 bits per heavy atom. The normalized spacial score (nSPS) is 10.6. The monoisotopic (exact) mass is 287 g/mol. The molecule has 0 aliphatic carbocycles. The van der Waals surface area contributed by atoms with Crippen LogP contribution in [0.1, 0.15) is 18.7 Å². The lowest BCUT2D eigenvalue weighted by atomic mass is 10.3. The molecule has 0 atom stereocenters. The van der Waals surface area contributed by atoms with Gasteiger partial charge in [-0.1, -0.05) is 6.07 Å². The SMILES string of the molecule is CC(C)N(CC(=O)O)C(=O)CSCc1cccs1. The summed E-state index contributed by atoms with van der Waals surface area (Å²) in [5.74, 6) is 0.0282. The van der Waals surface area contributed by atoms with Crippen LogP contribution in [0.25, 0.3) is 0 Å². The molecular weight excluding hydrogens is 270 g/mol. The quantitative estimate of drug-likeness (QED) is 0.836. The van der Waals surface area contributed by atoms with Crippen molar-refractivity contribution in [1.82, 2.24) is 4.90 Å². The third-order valence-corrected chi connectivity index (χ3v) is 4.32. The smallest absolute Gasteiger partial charge is 0.323 e. The summed E-state index contributed by atoms with van der Waals surface area (Å²) in [6, 6.07) is 3.92. The molecule has 0 radical (unpaired) electrons. The third kappa shape index (κ3) is 5.10. The van der Waals surface area contributed by atoms with Gasteiger partial charge in [-0.05, 0) is 25.3 Å². The second kappa shape index (κ2) is 7.43. The summed E-state index contributed by atoms with van der Waals surface area (Å²) in [4.78, 5) is 25.2. The molecule has 1 amide bonds. The summed E-state index contributed by atoms with van der Waals surface area (Å²) in [5, 5.41) is 10.8. The summed E-state index contributed by atoms with van der Waals surface area (Å²) < 4.78 is 0. The van der Waals surface area contributed by atoms with Crippen LogP contribution in [0.2, 0.25) is 0 Å². The van der Waals surface area contributed by atoms with Crippen molar-refractivity contribution in [1.29, 1.82) is 0 Å². The Bertz CT molecular complexity index is 390. The molecule has 0 bridgehead atoms. The highest BCUT2D eigenvalue weighted by Crippen LogP contribution is 2.17. The number of amides is 1. The number of hydrogen-bond acceptors (Lipinski definition) is 4. The van der Waals surface area contributed by atoms with E-state index in [-0.39, 0.29) is 18.5 Å². The van der Waals surface area contributed by atoms with Crippen molar-refractivity contribution in [2.75, 3.05) is 12.3 Å². The van der Waals surface area contributed by atoms with Crippen molar-refractivity contribution in [2.45, 2.75) is 25.6 Å². The molecule has 1 aromatic heterocycles. The predicted octanol–water partition coefficient (Wildman–Crippen LogP) is 2.30. The maximum Gasteiger partial charge on any atom is 0.323 e. The van der Waals surface area contributed by atoms with Crippen LogP contribution in [-0.2, 0) is 15.3 Å². The molecule has 0 spiro atoms. The van der Waals surface area contributed by atoms with Crippen molar-refractivity contribution < 1.29 is 14.7 Å². The van der Waals surface area contributed by atoms with Crippen LogP contribution in [0.4, 0.5) is 0 Å². The second-order valence-corrected chi connectivity index (χ2v) is 6.10. The number of aliphatic carboxylic acids is 1. The molecule has 4 nitrogen and oxygen atoms in total. The number of carboxylic acids is 1. The molecule has 100 valence electrons. The van der Waals surface area contributed by atoms with E-state index in [1.807, 2.05) is 31.4 Å². The Balaban J connectivity index is 2.39. The molecule has 0 aromatic carbocycles. The highest BCUT2D eigenvalue weighted by Gasteiger charge is 2.19. The lowest BCUT2D eigenvalue weighted by molar-refractivity contribution is -0.144. The Kier molecular flexibility index (Phi) is 6.21. The predicted molar refractivity (Wildman–Crippen MR) is 75.0 cm³/mol. The Hall–Kier alpha value is -1.01. The highest BCUT2D eigenvalue weighted by molar-refractivity contribution is 7.99. The van der Waals surface area contributed by atoms with Gasteiger partial charge in [0.15, 0.2) is 0 Å². The van der Waals surface area contributed by atoms with Crippen LogP contribution >= 0.6 is 23.1 Å². The minimum absolute atomic E-state index is 0.0871. The van der Waals surface area contributed by atoms with Gasteiger partial charge in [0.1, 0.15) is 6.54 Å². The molecular formula is C12H17NO3S2. The summed E-state index contributed by atoms with van der Waals surface area (Å²) in [6.07, 6.45) is 0. The van der Waals surface area contributed by atoms with E-state index < -0.39 is 5.97 Å². The zero-order valence-electron chi connectivity index (χ0n) is 10.5. The van der Waals surface area contributed by atoms with E-state index in [1.165, 1.54) is 21.5 Å². The van der Waals surface area contributed by atoms with Gasteiger partial charge in [-0.15, -0.1) is 23.1 Å².